The molecule has 5 rings (SSSR count). The van der Waals surface area contributed by atoms with Crippen molar-refractivity contribution >= 4 is 33.1 Å². The Morgan fingerprint density at radius 2 is 2.00 bits per heavy atom. The minimum atomic E-state index is -0.151. The molecule has 0 saturated heterocycles. The SMILES string of the molecule is Cc1nn(Cc2ccccc2)c2sc(C(=O)Nc3cccc(OCCn4cncn4)c3)cc12. The van der Waals surface area contributed by atoms with E-state index >= 15 is 0 Å². The number of aryl methyl sites for hydroxylation is 1. The molecule has 0 aliphatic carbocycles. The fraction of sp³-hybridized carbons (Fsp3) is 0.167. The van der Waals surface area contributed by atoms with E-state index in [9.17, 15) is 4.79 Å². The number of nitrogens with one attached hydrogen (secondary N) is 1. The number of ether oxygens (including phenoxy) is 1. The zero-order valence-electron chi connectivity index (χ0n) is 18.0. The molecular formula is C24H22N6O2S. The van der Waals surface area contributed by atoms with Crippen molar-refractivity contribution in [3.05, 3.63) is 89.5 Å². The summed E-state index contributed by atoms with van der Waals surface area (Å²) in [6.45, 7) is 3.69. The highest BCUT2D eigenvalue weighted by atomic mass is 32.1. The average Bonchev–Trinajstić information content (AvgIpc) is 3.55. The first-order chi connectivity index (χ1) is 16.2. The van der Waals surface area contributed by atoms with Crippen LogP contribution in [0.2, 0.25) is 0 Å². The van der Waals surface area contributed by atoms with Gasteiger partial charge in [0.2, 0.25) is 0 Å². The molecule has 9 heteroatoms. The minimum Gasteiger partial charge on any atom is -0.492 e. The van der Waals surface area contributed by atoms with Gasteiger partial charge in [0.05, 0.1) is 23.7 Å². The lowest BCUT2D eigenvalue weighted by Crippen LogP contribution is -2.11. The Bertz CT molecular complexity index is 1380. The van der Waals surface area contributed by atoms with Crippen LogP contribution < -0.4 is 10.1 Å². The summed E-state index contributed by atoms with van der Waals surface area (Å²) in [6, 6.07) is 19.5. The number of carbonyl (C=O) groups excluding carboxylic acids is 1. The third-order valence-electron chi connectivity index (χ3n) is 5.15. The van der Waals surface area contributed by atoms with Crippen molar-refractivity contribution in [2.24, 2.45) is 0 Å². The molecule has 33 heavy (non-hydrogen) atoms. The van der Waals surface area contributed by atoms with Crippen molar-refractivity contribution in [3.8, 4) is 5.75 Å². The normalized spacial score (nSPS) is 11.1. The van der Waals surface area contributed by atoms with Crippen LogP contribution in [0.4, 0.5) is 5.69 Å². The quantitative estimate of drug-likeness (QED) is 0.373. The lowest BCUT2D eigenvalue weighted by molar-refractivity contribution is 0.103. The Hall–Kier alpha value is -3.98. The van der Waals surface area contributed by atoms with E-state index in [2.05, 4.69) is 32.6 Å². The predicted octanol–water partition coefficient (Wildman–Crippen LogP) is 4.38. The molecule has 2 aromatic carbocycles. The van der Waals surface area contributed by atoms with Gasteiger partial charge in [-0.05, 0) is 30.7 Å². The number of benzene rings is 2. The molecule has 3 heterocycles. The molecule has 3 aromatic heterocycles. The fourth-order valence-electron chi connectivity index (χ4n) is 3.55. The second kappa shape index (κ2) is 9.25. The van der Waals surface area contributed by atoms with Crippen LogP contribution in [0.3, 0.4) is 0 Å². The lowest BCUT2D eigenvalue weighted by atomic mass is 10.2. The van der Waals surface area contributed by atoms with E-state index in [1.807, 2.05) is 60.1 Å². The van der Waals surface area contributed by atoms with Crippen molar-refractivity contribution < 1.29 is 9.53 Å². The number of carbonyl (C=O) groups is 1. The molecule has 5 aromatic rings. The molecule has 1 amide bonds. The number of hydrogen-bond acceptors (Lipinski definition) is 6. The molecule has 8 nitrogen and oxygen atoms in total. The van der Waals surface area contributed by atoms with Gasteiger partial charge in [-0.3, -0.25) is 9.48 Å². The highest BCUT2D eigenvalue weighted by Crippen LogP contribution is 2.29. The van der Waals surface area contributed by atoms with E-state index in [1.54, 1.807) is 11.0 Å². The third-order valence-corrected chi connectivity index (χ3v) is 6.30. The van der Waals surface area contributed by atoms with Crippen LogP contribution in [0.15, 0.2) is 73.3 Å². The number of fused-ring (bicyclic) bond motifs is 1. The average molecular weight is 459 g/mol. The highest BCUT2D eigenvalue weighted by Gasteiger charge is 2.17. The highest BCUT2D eigenvalue weighted by molar-refractivity contribution is 7.20. The first-order valence-corrected chi connectivity index (χ1v) is 11.3. The molecule has 0 atom stereocenters. The van der Waals surface area contributed by atoms with E-state index in [4.69, 9.17) is 4.74 Å². The largest absolute Gasteiger partial charge is 0.492 e. The fourth-order valence-corrected chi connectivity index (χ4v) is 4.61. The molecule has 0 saturated carbocycles. The minimum absolute atomic E-state index is 0.151. The number of aromatic nitrogens is 5. The number of thiophene rings is 1. The summed E-state index contributed by atoms with van der Waals surface area (Å²) in [5.41, 5.74) is 2.76. The van der Waals surface area contributed by atoms with E-state index in [-0.39, 0.29) is 5.91 Å². The Labute approximate surface area is 194 Å². The van der Waals surface area contributed by atoms with Crippen LogP contribution in [-0.2, 0) is 13.1 Å². The first kappa shape index (κ1) is 20.9. The topological polar surface area (TPSA) is 86.9 Å². The van der Waals surface area contributed by atoms with Gasteiger partial charge in [-0.25, -0.2) is 9.67 Å². The number of hydrogen-bond donors (Lipinski definition) is 1. The molecule has 0 unspecified atom stereocenters. The van der Waals surface area contributed by atoms with Gasteiger partial charge in [0.25, 0.3) is 5.91 Å². The Kier molecular flexibility index (Phi) is 5.86. The summed E-state index contributed by atoms with van der Waals surface area (Å²) in [4.78, 5) is 18.5. The van der Waals surface area contributed by atoms with E-state index in [0.29, 0.717) is 36.0 Å². The summed E-state index contributed by atoms with van der Waals surface area (Å²) < 4.78 is 9.45. The smallest absolute Gasteiger partial charge is 0.265 e. The molecular weight excluding hydrogens is 436 g/mol. The summed E-state index contributed by atoms with van der Waals surface area (Å²) in [5, 5.41) is 12.7. The van der Waals surface area contributed by atoms with E-state index < -0.39 is 0 Å². The predicted molar refractivity (Wildman–Crippen MR) is 128 cm³/mol. The molecule has 0 aliphatic rings. The van der Waals surface area contributed by atoms with Gasteiger partial charge in [0.1, 0.15) is 29.8 Å². The first-order valence-electron chi connectivity index (χ1n) is 10.5. The zero-order valence-corrected chi connectivity index (χ0v) is 18.8. The second-order valence-electron chi connectivity index (χ2n) is 7.55. The molecule has 0 spiro atoms. The van der Waals surface area contributed by atoms with Crippen LogP contribution in [0.25, 0.3) is 10.2 Å². The zero-order chi connectivity index (χ0) is 22.6. The number of anilines is 1. The summed E-state index contributed by atoms with van der Waals surface area (Å²) >= 11 is 1.45. The molecule has 0 fully saturated rings. The lowest BCUT2D eigenvalue weighted by Gasteiger charge is -2.09. The van der Waals surface area contributed by atoms with Crippen molar-refractivity contribution in [3.63, 3.8) is 0 Å². The third kappa shape index (κ3) is 4.78. The molecule has 166 valence electrons. The van der Waals surface area contributed by atoms with Gasteiger partial charge in [-0.2, -0.15) is 10.2 Å². The number of amides is 1. The van der Waals surface area contributed by atoms with Gasteiger partial charge in [-0.1, -0.05) is 36.4 Å². The van der Waals surface area contributed by atoms with Crippen molar-refractivity contribution in [2.45, 2.75) is 20.0 Å². The summed E-state index contributed by atoms with van der Waals surface area (Å²) in [6.07, 6.45) is 3.14. The molecule has 0 radical (unpaired) electrons. The van der Waals surface area contributed by atoms with Gasteiger partial charge in [-0.15, -0.1) is 11.3 Å². The number of rotatable bonds is 8. The Morgan fingerprint density at radius 1 is 1.12 bits per heavy atom. The summed E-state index contributed by atoms with van der Waals surface area (Å²) in [5.74, 6) is 0.528. The van der Waals surface area contributed by atoms with Crippen molar-refractivity contribution in [2.75, 3.05) is 11.9 Å². The van der Waals surface area contributed by atoms with Gasteiger partial charge >= 0.3 is 0 Å². The van der Waals surface area contributed by atoms with Crippen molar-refractivity contribution in [1.29, 1.82) is 0 Å². The van der Waals surface area contributed by atoms with Crippen LogP contribution in [-0.4, -0.2) is 37.1 Å². The van der Waals surface area contributed by atoms with E-state index in [1.165, 1.54) is 23.2 Å². The number of nitrogens with zero attached hydrogens (tertiary/aromatic N) is 5. The maximum absolute atomic E-state index is 13.0. The van der Waals surface area contributed by atoms with E-state index in [0.717, 1.165) is 15.9 Å². The summed E-state index contributed by atoms with van der Waals surface area (Å²) in [7, 11) is 0. The van der Waals surface area contributed by atoms with Gasteiger partial charge < -0.3 is 10.1 Å². The maximum atomic E-state index is 13.0. The van der Waals surface area contributed by atoms with Crippen LogP contribution in [0.5, 0.6) is 5.75 Å². The van der Waals surface area contributed by atoms with Crippen LogP contribution in [0, 0.1) is 6.92 Å². The molecule has 0 aliphatic heterocycles. The van der Waals surface area contributed by atoms with Gasteiger partial charge in [0.15, 0.2) is 0 Å². The monoisotopic (exact) mass is 458 g/mol. The Balaban J connectivity index is 1.27. The molecule has 0 bridgehead atoms. The maximum Gasteiger partial charge on any atom is 0.265 e. The van der Waals surface area contributed by atoms with Crippen LogP contribution in [0.1, 0.15) is 20.9 Å². The van der Waals surface area contributed by atoms with Gasteiger partial charge in [0, 0.05) is 17.1 Å². The standard InChI is InChI=1S/C24H22N6O2S/c1-17-21-13-22(33-24(21)30(28-17)14-18-6-3-2-4-7-18)23(31)27-19-8-5-9-20(12-19)32-11-10-29-16-25-15-26-29/h2-9,12-13,15-16H,10-11,14H2,1H3,(H,27,31). The Morgan fingerprint density at radius 3 is 2.82 bits per heavy atom. The molecule has 1 N–H and O–H groups in total. The van der Waals surface area contributed by atoms with Crippen molar-refractivity contribution in [1.82, 2.24) is 24.5 Å². The second-order valence-corrected chi connectivity index (χ2v) is 8.58. The van der Waals surface area contributed by atoms with Crippen LogP contribution >= 0.6 is 11.3 Å².